The molecule has 32 heavy (non-hydrogen) atoms. The van der Waals surface area contributed by atoms with E-state index in [0.717, 1.165) is 11.1 Å². The molecule has 0 unspecified atom stereocenters. The van der Waals surface area contributed by atoms with Crippen LogP contribution in [0, 0.1) is 13.8 Å². The Labute approximate surface area is 187 Å². The minimum absolute atomic E-state index is 0.110. The van der Waals surface area contributed by atoms with Crippen LogP contribution in [0.1, 0.15) is 37.4 Å². The zero-order chi connectivity index (χ0) is 23.3. The maximum Gasteiger partial charge on any atom is 0.339 e. The molecule has 3 aromatic rings. The van der Waals surface area contributed by atoms with Gasteiger partial charge in [0.2, 0.25) is 0 Å². The first-order valence-electron chi connectivity index (χ1n) is 9.90. The first-order chi connectivity index (χ1) is 15.2. The van der Waals surface area contributed by atoms with Gasteiger partial charge in [-0.3, -0.25) is 9.59 Å². The zero-order valence-corrected chi connectivity index (χ0v) is 18.8. The lowest BCUT2D eigenvalue weighted by molar-refractivity contribution is 0.0948. The van der Waals surface area contributed by atoms with Crippen molar-refractivity contribution in [3.8, 4) is 5.75 Å². The van der Waals surface area contributed by atoms with Crippen molar-refractivity contribution in [3.05, 3.63) is 94.5 Å². The molecule has 0 bridgehead atoms. The van der Waals surface area contributed by atoms with E-state index < -0.39 is 10.1 Å². The Bertz CT molecular complexity index is 1250. The molecule has 0 spiro atoms. The molecule has 0 fully saturated rings. The second kappa shape index (κ2) is 9.65. The summed E-state index contributed by atoms with van der Waals surface area (Å²) >= 11 is 0. The first kappa shape index (κ1) is 23.0. The standard InChI is InChI=1S/C24H24N2O5S/c1-16-7-8-17(2)22(13-16)32(29,30)31-21-11-9-19(10-12-21)24(28)26-15-18-5-4-6-20(14-18)23(27)25-3/h4-14H,15H2,1-3H3,(H,25,27)(H,26,28). The molecule has 8 heteroatoms. The number of hydrogen-bond acceptors (Lipinski definition) is 5. The fourth-order valence-electron chi connectivity index (χ4n) is 3.06. The lowest BCUT2D eigenvalue weighted by Crippen LogP contribution is -2.23. The summed E-state index contributed by atoms with van der Waals surface area (Å²) in [6, 6.07) is 17.9. The number of amides is 2. The second-order valence-electron chi connectivity index (χ2n) is 7.29. The fourth-order valence-corrected chi connectivity index (χ4v) is 4.31. The molecule has 0 aromatic heterocycles. The van der Waals surface area contributed by atoms with Crippen LogP contribution in [-0.4, -0.2) is 27.3 Å². The number of nitrogens with one attached hydrogen (secondary N) is 2. The van der Waals surface area contributed by atoms with Crippen LogP contribution in [0.5, 0.6) is 5.75 Å². The third-order valence-electron chi connectivity index (χ3n) is 4.80. The van der Waals surface area contributed by atoms with Gasteiger partial charge in [-0.15, -0.1) is 0 Å². The number of aryl methyl sites for hydroxylation is 2. The van der Waals surface area contributed by atoms with Crippen LogP contribution in [0.25, 0.3) is 0 Å². The van der Waals surface area contributed by atoms with Crippen molar-refractivity contribution in [1.29, 1.82) is 0 Å². The molecule has 2 N–H and O–H groups in total. The molecule has 3 aromatic carbocycles. The summed E-state index contributed by atoms with van der Waals surface area (Å²) in [4.78, 5) is 24.3. The number of benzene rings is 3. The molecule has 0 aliphatic carbocycles. The number of hydrogen-bond donors (Lipinski definition) is 2. The van der Waals surface area contributed by atoms with Crippen molar-refractivity contribution in [2.45, 2.75) is 25.3 Å². The van der Waals surface area contributed by atoms with Crippen LogP contribution in [0.3, 0.4) is 0 Å². The minimum atomic E-state index is -3.99. The quantitative estimate of drug-likeness (QED) is 0.535. The molecule has 0 radical (unpaired) electrons. The lowest BCUT2D eigenvalue weighted by Gasteiger charge is -2.11. The predicted octanol–water partition coefficient (Wildman–Crippen LogP) is 3.36. The zero-order valence-electron chi connectivity index (χ0n) is 18.0. The van der Waals surface area contributed by atoms with E-state index in [0.29, 0.717) is 16.7 Å². The second-order valence-corrected chi connectivity index (χ2v) is 8.81. The van der Waals surface area contributed by atoms with Gasteiger partial charge in [-0.1, -0.05) is 24.3 Å². The highest BCUT2D eigenvalue weighted by Gasteiger charge is 2.19. The van der Waals surface area contributed by atoms with Gasteiger partial charge in [-0.2, -0.15) is 8.42 Å². The van der Waals surface area contributed by atoms with Gasteiger partial charge in [0.15, 0.2) is 0 Å². The van der Waals surface area contributed by atoms with Crippen LogP contribution < -0.4 is 14.8 Å². The molecule has 3 rings (SSSR count). The largest absolute Gasteiger partial charge is 0.379 e. The monoisotopic (exact) mass is 452 g/mol. The highest BCUT2D eigenvalue weighted by atomic mass is 32.2. The fraction of sp³-hybridized carbons (Fsp3) is 0.167. The minimum Gasteiger partial charge on any atom is -0.379 e. The first-order valence-corrected chi connectivity index (χ1v) is 11.3. The van der Waals surface area contributed by atoms with E-state index in [-0.39, 0.29) is 29.0 Å². The van der Waals surface area contributed by atoms with Gasteiger partial charge in [0.25, 0.3) is 11.8 Å². The number of carbonyl (C=O) groups excluding carboxylic acids is 2. The highest BCUT2D eigenvalue weighted by molar-refractivity contribution is 7.87. The van der Waals surface area contributed by atoms with Gasteiger partial charge >= 0.3 is 10.1 Å². The van der Waals surface area contributed by atoms with Gasteiger partial charge in [0, 0.05) is 24.7 Å². The Morgan fingerprint density at radius 2 is 1.59 bits per heavy atom. The molecule has 2 amide bonds. The summed E-state index contributed by atoms with van der Waals surface area (Å²) in [7, 11) is -2.44. The van der Waals surface area contributed by atoms with Gasteiger partial charge in [-0.25, -0.2) is 0 Å². The smallest absolute Gasteiger partial charge is 0.339 e. The van der Waals surface area contributed by atoms with E-state index in [4.69, 9.17) is 4.18 Å². The molecular formula is C24H24N2O5S. The molecular weight excluding hydrogens is 428 g/mol. The summed E-state index contributed by atoms with van der Waals surface area (Å²) in [5.41, 5.74) is 3.03. The molecule has 0 aliphatic heterocycles. The van der Waals surface area contributed by atoms with Crippen LogP contribution in [0.15, 0.2) is 71.6 Å². The Balaban J connectivity index is 1.66. The highest BCUT2D eigenvalue weighted by Crippen LogP contribution is 2.22. The SMILES string of the molecule is CNC(=O)c1cccc(CNC(=O)c2ccc(OS(=O)(=O)c3cc(C)ccc3C)cc2)c1. The maximum absolute atomic E-state index is 12.6. The van der Waals surface area contributed by atoms with Crippen LogP contribution in [0.4, 0.5) is 0 Å². The molecule has 166 valence electrons. The maximum atomic E-state index is 12.6. The normalized spacial score (nSPS) is 11.0. The average Bonchev–Trinajstić information content (AvgIpc) is 2.79. The summed E-state index contributed by atoms with van der Waals surface area (Å²) in [5.74, 6) is -0.426. The lowest BCUT2D eigenvalue weighted by atomic mass is 10.1. The summed E-state index contributed by atoms with van der Waals surface area (Å²) < 4.78 is 30.5. The van der Waals surface area contributed by atoms with E-state index in [1.807, 2.05) is 12.1 Å². The predicted molar refractivity (Wildman–Crippen MR) is 121 cm³/mol. The molecule has 0 saturated heterocycles. The number of rotatable bonds is 7. The van der Waals surface area contributed by atoms with E-state index in [2.05, 4.69) is 10.6 Å². The summed E-state index contributed by atoms with van der Waals surface area (Å²) in [5, 5.41) is 5.33. The molecule has 7 nitrogen and oxygen atoms in total. The van der Waals surface area contributed by atoms with Crippen molar-refractivity contribution in [3.63, 3.8) is 0 Å². The van der Waals surface area contributed by atoms with Crippen molar-refractivity contribution in [2.75, 3.05) is 7.05 Å². The van der Waals surface area contributed by atoms with Gasteiger partial charge in [0.05, 0.1) is 0 Å². The van der Waals surface area contributed by atoms with Gasteiger partial charge in [0.1, 0.15) is 10.6 Å². The van der Waals surface area contributed by atoms with Crippen molar-refractivity contribution in [2.24, 2.45) is 0 Å². The Morgan fingerprint density at radius 3 is 2.28 bits per heavy atom. The van der Waals surface area contributed by atoms with Gasteiger partial charge in [-0.05, 0) is 73.0 Å². The Morgan fingerprint density at radius 1 is 0.875 bits per heavy atom. The Hall–Kier alpha value is -3.65. The Kier molecular flexibility index (Phi) is 6.95. The van der Waals surface area contributed by atoms with Crippen LogP contribution >= 0.6 is 0 Å². The molecule has 0 heterocycles. The average molecular weight is 453 g/mol. The molecule has 0 atom stereocenters. The third kappa shape index (κ3) is 5.53. The van der Waals surface area contributed by atoms with Crippen LogP contribution in [-0.2, 0) is 16.7 Å². The van der Waals surface area contributed by atoms with Gasteiger partial charge < -0.3 is 14.8 Å². The molecule has 0 saturated carbocycles. The summed E-state index contributed by atoms with van der Waals surface area (Å²) in [6.45, 7) is 3.75. The van der Waals surface area contributed by atoms with Crippen molar-refractivity contribution in [1.82, 2.24) is 10.6 Å². The van der Waals surface area contributed by atoms with E-state index in [1.165, 1.54) is 24.3 Å². The van der Waals surface area contributed by atoms with Crippen molar-refractivity contribution < 1.29 is 22.2 Å². The number of carbonyl (C=O) groups is 2. The van der Waals surface area contributed by atoms with E-state index in [1.54, 1.807) is 51.2 Å². The summed E-state index contributed by atoms with van der Waals surface area (Å²) in [6.07, 6.45) is 0. The van der Waals surface area contributed by atoms with E-state index in [9.17, 15) is 18.0 Å². The molecule has 0 aliphatic rings. The van der Waals surface area contributed by atoms with Crippen LogP contribution in [0.2, 0.25) is 0 Å². The van der Waals surface area contributed by atoms with Crippen molar-refractivity contribution >= 4 is 21.9 Å². The topological polar surface area (TPSA) is 102 Å². The van der Waals surface area contributed by atoms with E-state index >= 15 is 0 Å². The third-order valence-corrected chi connectivity index (χ3v) is 6.20.